The monoisotopic (exact) mass is 484 g/mol. The lowest BCUT2D eigenvalue weighted by molar-refractivity contribution is 0.0995. The van der Waals surface area contributed by atoms with E-state index in [0.29, 0.717) is 10.4 Å². The second-order valence-corrected chi connectivity index (χ2v) is 8.35. The SMILES string of the molecule is COc1ccccc1NS(=O)(=O)c1cc(NC(=O)c2ccc(Br)o2)ccc1Cl. The molecule has 0 radical (unpaired) electrons. The molecule has 7 nitrogen and oxygen atoms in total. The van der Waals surface area contributed by atoms with E-state index in [0.717, 1.165) is 0 Å². The standard InChI is InChI=1S/C18H14BrClN2O5S/c1-26-14-5-3-2-4-13(14)22-28(24,25)16-10-11(6-7-12(16)20)21-18(23)15-8-9-17(19)27-15/h2-10,22H,1H3,(H,21,23). The van der Waals surface area contributed by atoms with Gasteiger partial charge in [0, 0.05) is 5.69 Å². The van der Waals surface area contributed by atoms with Crippen molar-refractivity contribution < 1.29 is 22.4 Å². The number of ether oxygens (including phenoxy) is 1. The van der Waals surface area contributed by atoms with E-state index in [2.05, 4.69) is 26.0 Å². The summed E-state index contributed by atoms with van der Waals surface area (Å²) < 4.78 is 38.8. The van der Waals surface area contributed by atoms with E-state index in [4.69, 9.17) is 20.8 Å². The molecule has 2 aromatic carbocycles. The van der Waals surface area contributed by atoms with E-state index >= 15 is 0 Å². The fraction of sp³-hybridized carbons (Fsp3) is 0.0556. The third-order valence-electron chi connectivity index (χ3n) is 3.63. The number of carbonyl (C=O) groups excluding carboxylic acids is 1. The molecule has 0 fully saturated rings. The van der Waals surface area contributed by atoms with E-state index < -0.39 is 15.9 Å². The van der Waals surface area contributed by atoms with Gasteiger partial charge in [-0.25, -0.2) is 8.42 Å². The zero-order valence-electron chi connectivity index (χ0n) is 14.4. The van der Waals surface area contributed by atoms with Gasteiger partial charge in [0.1, 0.15) is 10.6 Å². The number of para-hydroxylation sites is 2. The molecule has 28 heavy (non-hydrogen) atoms. The van der Waals surface area contributed by atoms with Crippen molar-refractivity contribution in [1.82, 2.24) is 0 Å². The second kappa shape index (κ2) is 8.26. The van der Waals surface area contributed by atoms with Gasteiger partial charge in [0.2, 0.25) is 0 Å². The molecule has 0 aliphatic rings. The molecular weight excluding hydrogens is 472 g/mol. The summed E-state index contributed by atoms with van der Waals surface area (Å²) in [5.74, 6) is -0.109. The van der Waals surface area contributed by atoms with Crippen LogP contribution in [0.25, 0.3) is 0 Å². The number of hydrogen-bond donors (Lipinski definition) is 2. The summed E-state index contributed by atoms with van der Waals surface area (Å²) in [6.07, 6.45) is 0. The molecule has 10 heteroatoms. The van der Waals surface area contributed by atoms with Crippen molar-refractivity contribution in [3.05, 3.63) is 70.0 Å². The molecule has 0 bridgehead atoms. The topological polar surface area (TPSA) is 97.6 Å². The zero-order chi connectivity index (χ0) is 20.3. The van der Waals surface area contributed by atoms with Crippen molar-refractivity contribution in [2.45, 2.75) is 4.90 Å². The Morgan fingerprint density at radius 2 is 1.89 bits per heavy atom. The minimum absolute atomic E-state index is 0.00106. The Morgan fingerprint density at radius 1 is 1.14 bits per heavy atom. The van der Waals surface area contributed by atoms with Crippen LogP contribution in [0.15, 0.2) is 68.6 Å². The van der Waals surface area contributed by atoms with Crippen molar-refractivity contribution >= 4 is 54.8 Å². The van der Waals surface area contributed by atoms with E-state index in [1.54, 1.807) is 30.3 Å². The highest BCUT2D eigenvalue weighted by atomic mass is 79.9. The van der Waals surface area contributed by atoms with Crippen LogP contribution in [0.3, 0.4) is 0 Å². The largest absolute Gasteiger partial charge is 0.495 e. The number of rotatable bonds is 6. The van der Waals surface area contributed by atoms with Crippen LogP contribution in [0.4, 0.5) is 11.4 Å². The van der Waals surface area contributed by atoms with Gasteiger partial charge in [0.25, 0.3) is 15.9 Å². The van der Waals surface area contributed by atoms with Gasteiger partial charge < -0.3 is 14.5 Å². The summed E-state index contributed by atoms with van der Waals surface area (Å²) in [6, 6.07) is 13.7. The van der Waals surface area contributed by atoms with Gasteiger partial charge >= 0.3 is 0 Å². The van der Waals surface area contributed by atoms with Gasteiger partial charge in [0.05, 0.1) is 17.8 Å². The number of amides is 1. The van der Waals surface area contributed by atoms with Crippen LogP contribution in [0.2, 0.25) is 5.02 Å². The highest BCUT2D eigenvalue weighted by Crippen LogP contribution is 2.30. The van der Waals surface area contributed by atoms with Gasteiger partial charge in [-0.2, -0.15) is 0 Å². The summed E-state index contributed by atoms with van der Waals surface area (Å²) in [4.78, 5) is 12.0. The molecule has 3 aromatic rings. The van der Waals surface area contributed by atoms with Gasteiger partial charge in [-0.15, -0.1) is 0 Å². The predicted octanol–water partition coefficient (Wildman–Crippen LogP) is 4.76. The van der Waals surface area contributed by atoms with E-state index in [-0.39, 0.29) is 27.1 Å². The Morgan fingerprint density at radius 3 is 2.57 bits per heavy atom. The third-order valence-corrected chi connectivity index (χ3v) is 5.90. The minimum Gasteiger partial charge on any atom is -0.495 e. The van der Waals surface area contributed by atoms with Crippen LogP contribution in [0.5, 0.6) is 5.75 Å². The molecule has 1 aromatic heterocycles. The average molecular weight is 486 g/mol. The number of hydrogen-bond acceptors (Lipinski definition) is 5. The lowest BCUT2D eigenvalue weighted by Crippen LogP contribution is -2.16. The van der Waals surface area contributed by atoms with Crippen molar-refractivity contribution in [3.63, 3.8) is 0 Å². The maximum absolute atomic E-state index is 12.8. The normalized spacial score (nSPS) is 11.1. The fourth-order valence-electron chi connectivity index (χ4n) is 2.34. The molecule has 0 spiro atoms. The number of benzene rings is 2. The Balaban J connectivity index is 1.89. The molecule has 0 aliphatic carbocycles. The molecule has 0 saturated heterocycles. The van der Waals surface area contributed by atoms with Crippen molar-refractivity contribution in [2.75, 3.05) is 17.1 Å². The number of nitrogens with one attached hydrogen (secondary N) is 2. The molecule has 3 rings (SSSR count). The fourth-order valence-corrected chi connectivity index (χ4v) is 4.25. The molecule has 0 aliphatic heterocycles. The first-order valence-electron chi connectivity index (χ1n) is 7.82. The van der Waals surface area contributed by atoms with Crippen LogP contribution in [0, 0.1) is 0 Å². The van der Waals surface area contributed by atoms with Gasteiger partial charge in [-0.05, 0) is 58.4 Å². The molecule has 1 amide bonds. The summed E-state index contributed by atoms with van der Waals surface area (Å²) in [7, 11) is -2.61. The highest BCUT2D eigenvalue weighted by molar-refractivity contribution is 9.10. The molecule has 0 saturated carbocycles. The lowest BCUT2D eigenvalue weighted by atomic mass is 10.3. The van der Waals surface area contributed by atoms with E-state index in [1.165, 1.54) is 31.4 Å². The van der Waals surface area contributed by atoms with Crippen LogP contribution >= 0.6 is 27.5 Å². The number of furan rings is 1. The molecule has 1 heterocycles. The molecule has 2 N–H and O–H groups in total. The predicted molar refractivity (Wildman–Crippen MR) is 110 cm³/mol. The van der Waals surface area contributed by atoms with E-state index in [1.807, 2.05) is 0 Å². The number of sulfonamides is 1. The Bertz CT molecular complexity index is 1130. The smallest absolute Gasteiger partial charge is 0.291 e. The van der Waals surface area contributed by atoms with Crippen molar-refractivity contribution in [2.24, 2.45) is 0 Å². The van der Waals surface area contributed by atoms with Crippen molar-refractivity contribution in [3.8, 4) is 5.75 Å². The van der Waals surface area contributed by atoms with Crippen LogP contribution < -0.4 is 14.8 Å². The quantitative estimate of drug-likeness (QED) is 0.525. The first-order valence-corrected chi connectivity index (χ1v) is 10.5. The zero-order valence-corrected chi connectivity index (χ0v) is 17.6. The highest BCUT2D eigenvalue weighted by Gasteiger charge is 2.21. The Kier molecular flexibility index (Phi) is 5.97. The second-order valence-electron chi connectivity index (χ2n) is 5.51. The first-order chi connectivity index (χ1) is 13.3. The Hall–Kier alpha value is -2.49. The maximum atomic E-state index is 12.8. The summed E-state index contributed by atoms with van der Waals surface area (Å²) in [6.45, 7) is 0. The number of halogens is 2. The first kappa shape index (κ1) is 20.2. The molecular formula is C18H14BrClN2O5S. The van der Waals surface area contributed by atoms with E-state index in [9.17, 15) is 13.2 Å². The van der Waals surface area contributed by atoms with Crippen molar-refractivity contribution in [1.29, 1.82) is 0 Å². The summed E-state index contributed by atoms with van der Waals surface area (Å²) in [5, 5.41) is 2.57. The number of methoxy groups -OCH3 is 1. The molecule has 0 atom stereocenters. The summed E-state index contributed by atoms with van der Waals surface area (Å²) >= 11 is 9.20. The number of anilines is 2. The van der Waals surface area contributed by atoms with Gasteiger partial charge in [0.15, 0.2) is 10.4 Å². The van der Waals surface area contributed by atoms with Gasteiger partial charge in [-0.3, -0.25) is 9.52 Å². The maximum Gasteiger partial charge on any atom is 0.291 e. The molecule has 0 unspecified atom stereocenters. The summed E-state index contributed by atoms with van der Waals surface area (Å²) in [5.41, 5.74) is 0.498. The number of carbonyl (C=O) groups is 1. The molecule has 146 valence electrons. The minimum atomic E-state index is -4.04. The lowest BCUT2D eigenvalue weighted by Gasteiger charge is -2.13. The van der Waals surface area contributed by atoms with Crippen LogP contribution in [0.1, 0.15) is 10.6 Å². The van der Waals surface area contributed by atoms with Gasteiger partial charge in [-0.1, -0.05) is 23.7 Å². The Labute approximate surface area is 174 Å². The van der Waals surface area contributed by atoms with Crippen LogP contribution in [-0.2, 0) is 10.0 Å². The third kappa shape index (κ3) is 4.49. The average Bonchev–Trinajstić information content (AvgIpc) is 3.10. The van der Waals surface area contributed by atoms with Crippen LogP contribution in [-0.4, -0.2) is 21.4 Å².